The second kappa shape index (κ2) is 33.6. The number of carbonyl (C=O) groups excluding carboxylic acids is 4. The molecule has 5 heterocycles. The minimum Gasteiger partial charge on any atom is -0.496 e. The van der Waals surface area contributed by atoms with Crippen molar-refractivity contribution >= 4 is 108 Å². The highest BCUT2D eigenvalue weighted by molar-refractivity contribution is 7.91. The van der Waals surface area contributed by atoms with Gasteiger partial charge < -0.3 is 37.9 Å². The summed E-state index contributed by atoms with van der Waals surface area (Å²) in [7, 11) is -7.18. The second-order valence-electron chi connectivity index (χ2n) is 24.6. The maximum Gasteiger partial charge on any atom is 0.420 e. The van der Waals surface area contributed by atoms with E-state index in [9.17, 15) is 96.8 Å². The first-order valence-corrected chi connectivity index (χ1v) is 38.8. The van der Waals surface area contributed by atoms with Crippen molar-refractivity contribution in [3.8, 4) is 23.0 Å². The van der Waals surface area contributed by atoms with E-state index in [1.807, 2.05) is 6.92 Å². The van der Waals surface area contributed by atoms with Gasteiger partial charge in [0.15, 0.2) is 11.6 Å². The Morgan fingerprint density at radius 3 is 0.947 bits per heavy atom. The first-order valence-electron chi connectivity index (χ1n) is 32.7. The van der Waals surface area contributed by atoms with Crippen molar-refractivity contribution in [1.82, 2.24) is 20.9 Å². The zero-order valence-electron chi connectivity index (χ0n) is 62.3. The lowest BCUT2D eigenvalue weighted by Crippen LogP contribution is -2.16. The summed E-state index contributed by atoms with van der Waals surface area (Å²) in [5.74, 6) is -4.67. The van der Waals surface area contributed by atoms with Gasteiger partial charge in [-0.15, -0.1) is 0 Å². The van der Waals surface area contributed by atoms with Crippen molar-refractivity contribution in [3.63, 3.8) is 0 Å². The van der Waals surface area contributed by atoms with Gasteiger partial charge >= 0.3 is 42.4 Å². The van der Waals surface area contributed by atoms with Crippen molar-refractivity contribution < 1.29 is 135 Å². The molecule has 0 N–H and O–H groups in total. The summed E-state index contributed by atoms with van der Waals surface area (Å²) in [6.07, 6.45) is -12.0. The van der Waals surface area contributed by atoms with Gasteiger partial charge in [-0.25, -0.2) is 54.0 Å². The molecule has 0 radical (unpaired) electrons. The number of nitrogens with zero attached hydrogens (tertiary/aromatic N) is 5. The molecule has 0 unspecified atom stereocenters. The van der Waals surface area contributed by atoms with E-state index < -0.39 is 122 Å². The molecule has 0 spiro atoms. The number of ether oxygens (including phenoxy) is 8. The third kappa shape index (κ3) is 17.9. The lowest BCUT2D eigenvalue weighted by Gasteiger charge is -2.14. The van der Waals surface area contributed by atoms with Crippen LogP contribution in [-0.4, -0.2) is 142 Å². The summed E-state index contributed by atoms with van der Waals surface area (Å²) in [5, 5.41) is 0.882. The molecule has 606 valence electrons. The molecule has 0 bridgehead atoms. The van der Waals surface area contributed by atoms with Gasteiger partial charge in [-0.1, -0.05) is 35.9 Å². The standard InChI is InChI=1S/C20H18F3NO5S.C20H20FNO5S.C19H17F3N2O5S.C15H16F3NO5S/c1-12-14(10-19(25)29-3)15-9-18(28-2)16(20(21,22)23)11-17(15)24(12)30(26,27)13-7-5-4-6-8-13;1-12-5-7-14(8-6-12)28(24,25)22-13(2)15(10-20(23)27-4)16-9-19(26-3)17(21)11-18(16)22;1-11-13(8-18(25)29-3)14-7-17(28-2)15(19(20,21)22)9-16(14)24(11)30(26,27)12-5-4-6-23-10-12;1-8-9(6-14(20)24-3)10-5-13(23-2)11(15(16,17)18)7-12(10)19(8)25(4,21)22/h4-9,11H,10H2,1-3H3;5-9,11H,10H2,1-4H3;4-7,9-10H,8H2,1-3H3;5,7H,6H2,1-4H3. The van der Waals surface area contributed by atoms with Crippen molar-refractivity contribution in [2.75, 3.05) is 63.1 Å². The minimum atomic E-state index is -4.79. The van der Waals surface area contributed by atoms with Crippen LogP contribution in [-0.2, 0) is 122 Å². The van der Waals surface area contributed by atoms with Gasteiger partial charge in [0.25, 0.3) is 30.1 Å². The van der Waals surface area contributed by atoms with Crippen LogP contribution < -0.4 is 18.9 Å². The summed E-state index contributed by atoms with van der Waals surface area (Å²) in [6, 6.07) is 24.3. The smallest absolute Gasteiger partial charge is 0.420 e. The quantitative estimate of drug-likeness (QED) is 0.0412. The van der Waals surface area contributed by atoms with Crippen molar-refractivity contribution in [2.24, 2.45) is 0 Å². The van der Waals surface area contributed by atoms with E-state index in [0.29, 0.717) is 28.8 Å². The molecule has 5 aromatic heterocycles. The molecule has 25 nitrogen and oxygen atoms in total. The number of aryl methyl sites for hydroxylation is 1. The summed E-state index contributed by atoms with van der Waals surface area (Å²) in [6.45, 7) is 7.68. The fraction of sp³-hybridized carbons (Fsp3) is 0.284. The lowest BCUT2D eigenvalue weighted by atomic mass is 10.0. The number of methoxy groups -OCH3 is 8. The van der Waals surface area contributed by atoms with Gasteiger partial charge in [0.1, 0.15) is 22.1 Å². The number of benzene rings is 6. The van der Waals surface area contributed by atoms with Crippen molar-refractivity contribution in [3.05, 3.63) is 201 Å². The number of hydrogen-bond donors (Lipinski definition) is 0. The van der Waals surface area contributed by atoms with Gasteiger partial charge in [-0.2, -0.15) is 39.5 Å². The molecule has 113 heavy (non-hydrogen) atoms. The van der Waals surface area contributed by atoms with Crippen LogP contribution in [0.5, 0.6) is 23.0 Å². The second-order valence-corrected chi connectivity index (χ2v) is 31.8. The minimum absolute atomic E-state index is 0.0384. The van der Waals surface area contributed by atoms with Gasteiger partial charge in [-0.05, 0) is 136 Å². The largest absolute Gasteiger partial charge is 0.496 e. The normalized spacial score (nSPS) is 12.1. The molecule has 0 saturated heterocycles. The van der Waals surface area contributed by atoms with E-state index in [2.05, 4.69) is 19.2 Å². The van der Waals surface area contributed by atoms with Crippen molar-refractivity contribution in [1.29, 1.82) is 0 Å². The van der Waals surface area contributed by atoms with E-state index in [1.54, 1.807) is 25.1 Å². The maximum absolute atomic E-state index is 14.4. The maximum atomic E-state index is 14.4. The number of alkyl halides is 9. The summed E-state index contributed by atoms with van der Waals surface area (Å²) < 4.78 is 281. The molecule has 0 amide bonds. The van der Waals surface area contributed by atoms with E-state index in [1.165, 1.54) is 103 Å². The fourth-order valence-corrected chi connectivity index (χ4v) is 18.3. The Balaban J connectivity index is 0.000000189. The molecule has 0 atom stereocenters. The molecule has 6 aromatic carbocycles. The zero-order chi connectivity index (χ0) is 84.3. The molecule has 39 heteroatoms. The highest BCUT2D eigenvalue weighted by atomic mass is 32.2. The summed E-state index contributed by atoms with van der Waals surface area (Å²) in [4.78, 5) is 50.8. The Kier molecular flexibility index (Phi) is 26.0. The third-order valence-electron chi connectivity index (χ3n) is 17.8. The van der Waals surface area contributed by atoms with E-state index in [0.717, 1.165) is 99.8 Å². The SMILES string of the molecule is COC(=O)Cc1c(C)n(S(=O)(=O)c2ccc(C)cc2)c2cc(F)c(OC)cc12.COC(=O)Cc1c(C)n(S(=O)(=O)c2ccccc2)c2cc(C(F)(F)F)c(OC)cc12.COC(=O)Cc1c(C)n(S(=O)(=O)c2cccnc2)c2cc(C(F)(F)F)c(OC)cc12.COC(=O)Cc1c(C)n(S(C)(=O)=O)c2cc(C(F)(F)F)c(OC)cc12. The van der Waals surface area contributed by atoms with Gasteiger partial charge in [-0.3, -0.25) is 24.2 Å². The first-order chi connectivity index (χ1) is 52.6. The average Bonchev–Trinajstić information content (AvgIpc) is 1.61. The Morgan fingerprint density at radius 1 is 0.372 bits per heavy atom. The summed E-state index contributed by atoms with van der Waals surface area (Å²) in [5.41, 5.74) is -1.11. The van der Waals surface area contributed by atoms with Crippen molar-refractivity contribution in [2.45, 2.75) is 93.5 Å². The van der Waals surface area contributed by atoms with Gasteiger partial charge in [0.05, 0.1) is 137 Å². The van der Waals surface area contributed by atoms with E-state index >= 15 is 0 Å². The van der Waals surface area contributed by atoms with Crippen LogP contribution in [0.3, 0.4) is 0 Å². The highest BCUT2D eigenvalue weighted by Crippen LogP contribution is 2.46. The first kappa shape index (κ1) is 87.4. The Bertz CT molecular complexity index is 5810. The van der Waals surface area contributed by atoms with Gasteiger partial charge in [0.2, 0.25) is 10.0 Å². The van der Waals surface area contributed by atoms with Crippen LogP contribution in [0, 0.1) is 40.4 Å². The molecule has 11 aromatic rings. The molecule has 0 saturated carbocycles. The molecule has 0 aliphatic rings. The number of aromatic nitrogens is 5. The van der Waals surface area contributed by atoms with Crippen LogP contribution in [0.1, 0.15) is 67.3 Å². The number of fused-ring (bicyclic) bond motifs is 4. The number of pyridine rings is 1. The monoisotopic (exact) mass is 1670 g/mol. The number of carbonyl (C=O) groups is 4. The Labute approximate surface area is 640 Å². The average molecular weight is 1670 g/mol. The van der Waals surface area contributed by atoms with E-state index in [-0.39, 0.29) is 118 Å². The predicted octanol–water partition coefficient (Wildman–Crippen LogP) is 13.1. The van der Waals surface area contributed by atoms with Crippen LogP contribution in [0.2, 0.25) is 0 Å². The van der Waals surface area contributed by atoms with Crippen LogP contribution in [0.25, 0.3) is 43.6 Å². The molecular formula is C74H71F10N5O20S4. The lowest BCUT2D eigenvalue weighted by molar-refractivity contribution is -0.140. The number of hydrogen-bond acceptors (Lipinski definition) is 21. The predicted molar refractivity (Wildman–Crippen MR) is 391 cm³/mol. The zero-order valence-corrected chi connectivity index (χ0v) is 65.5. The third-order valence-corrected chi connectivity index (χ3v) is 24.4. The number of halogens is 10. The summed E-state index contributed by atoms with van der Waals surface area (Å²) >= 11 is 0. The topological polar surface area (TPSA) is 311 Å². The van der Waals surface area contributed by atoms with Crippen LogP contribution >= 0.6 is 0 Å². The van der Waals surface area contributed by atoms with Crippen LogP contribution in [0.4, 0.5) is 43.9 Å². The molecule has 0 fully saturated rings. The van der Waals surface area contributed by atoms with E-state index in [4.69, 9.17) is 23.7 Å². The Morgan fingerprint density at radius 2 is 0.655 bits per heavy atom. The molecular weight excluding hydrogens is 1600 g/mol. The number of esters is 4. The molecule has 0 aliphatic heterocycles. The molecule has 0 aliphatic carbocycles. The van der Waals surface area contributed by atoms with Gasteiger partial charge in [0, 0.05) is 62.8 Å². The van der Waals surface area contributed by atoms with Crippen LogP contribution in [0.15, 0.2) is 142 Å². The highest BCUT2D eigenvalue weighted by Gasteiger charge is 2.41. The Hall–Kier alpha value is -11.2. The molecule has 11 rings (SSSR count). The number of rotatable bonds is 19. The fourth-order valence-electron chi connectivity index (χ4n) is 12.4.